The second kappa shape index (κ2) is 38.0. The average Bonchev–Trinajstić information content (AvgIpc) is 1.51. The molecule has 3 saturated carbocycles. The molecular weight excluding hydrogens is 1380 g/mol. The van der Waals surface area contributed by atoms with Gasteiger partial charge in [0, 0.05) is 42.5 Å². The maximum Gasteiger partial charge on any atom is 0.185 e. The van der Waals surface area contributed by atoms with Gasteiger partial charge in [-0.05, 0) is 246 Å². The highest BCUT2D eigenvalue weighted by molar-refractivity contribution is 5.98. The fourth-order valence-corrected chi connectivity index (χ4v) is 14.4. The molecule has 14 nitrogen and oxygen atoms in total. The van der Waals surface area contributed by atoms with Crippen LogP contribution in [0.15, 0.2) is 237 Å². The quantitative estimate of drug-likeness (QED) is 0.0297. The molecular formula is C95H104ClN11O3. The van der Waals surface area contributed by atoms with E-state index < -0.39 is 0 Å². The Balaban J connectivity index is 0.000000161. The van der Waals surface area contributed by atoms with Crippen molar-refractivity contribution in [2.75, 3.05) is 13.1 Å². The first-order valence-corrected chi connectivity index (χ1v) is 38.8. The summed E-state index contributed by atoms with van der Waals surface area (Å²) in [6.07, 6.45) is 12.4. The van der Waals surface area contributed by atoms with Crippen LogP contribution in [0.25, 0.3) is 17.1 Å². The Morgan fingerprint density at radius 3 is 1.13 bits per heavy atom. The molecule has 0 aliphatic heterocycles. The van der Waals surface area contributed by atoms with Crippen molar-refractivity contribution in [3.05, 3.63) is 354 Å². The van der Waals surface area contributed by atoms with Crippen LogP contribution in [0.2, 0.25) is 0 Å². The lowest BCUT2D eigenvalue weighted by Crippen LogP contribution is -2.24. The van der Waals surface area contributed by atoms with Crippen molar-refractivity contribution in [2.45, 2.75) is 157 Å². The van der Waals surface area contributed by atoms with E-state index in [1.807, 2.05) is 87.5 Å². The van der Waals surface area contributed by atoms with Gasteiger partial charge in [0.15, 0.2) is 17.3 Å². The Morgan fingerprint density at radius 1 is 0.391 bits per heavy atom. The third kappa shape index (κ3) is 21.8. The number of halogens is 1. The number of hydrogen-bond donors (Lipinski definition) is 3. The topological polar surface area (TPSA) is 202 Å². The van der Waals surface area contributed by atoms with E-state index in [9.17, 15) is 14.4 Å². The zero-order valence-electron chi connectivity index (χ0n) is 64.9. The summed E-state index contributed by atoms with van der Waals surface area (Å²) >= 11 is 0. The first kappa shape index (κ1) is 80.2. The smallest absolute Gasteiger partial charge is 0.185 e. The van der Waals surface area contributed by atoms with Gasteiger partial charge in [0.25, 0.3) is 0 Å². The van der Waals surface area contributed by atoms with E-state index in [4.69, 9.17) is 16.5 Å². The van der Waals surface area contributed by atoms with Crippen LogP contribution in [0.1, 0.15) is 208 Å². The molecule has 0 amide bonds. The van der Waals surface area contributed by atoms with Crippen molar-refractivity contribution in [3.63, 3.8) is 0 Å². The number of nitrogens with two attached hydrogens (primary N) is 1. The summed E-state index contributed by atoms with van der Waals surface area (Å²) in [6, 6.07) is 82.2. The lowest BCUT2D eigenvalue weighted by molar-refractivity contribution is 0.0977. The second-order valence-corrected chi connectivity index (χ2v) is 30.4. The fourth-order valence-electron chi connectivity index (χ4n) is 14.4. The van der Waals surface area contributed by atoms with Crippen molar-refractivity contribution in [1.82, 2.24) is 40.0 Å². The molecule has 3 unspecified atom stereocenters. The molecule has 4 N–H and O–H groups in total. The normalized spacial score (nSPS) is 13.7. The third-order valence-electron chi connectivity index (χ3n) is 21.0. The van der Waals surface area contributed by atoms with Crippen molar-refractivity contribution < 1.29 is 14.4 Å². The molecule has 3 aliphatic rings. The number of nitrogens with one attached hydrogen (secondary N) is 2. The predicted octanol–water partition coefficient (Wildman–Crippen LogP) is 20.0. The van der Waals surface area contributed by atoms with Crippen molar-refractivity contribution in [2.24, 2.45) is 23.5 Å². The van der Waals surface area contributed by atoms with Crippen LogP contribution in [-0.2, 0) is 32.2 Å². The molecule has 0 bridgehead atoms. The van der Waals surface area contributed by atoms with Crippen LogP contribution >= 0.6 is 12.4 Å². The molecule has 3 fully saturated rings. The number of nitrogens with zero attached hydrogens (tertiary/aromatic N) is 8. The van der Waals surface area contributed by atoms with Crippen LogP contribution in [0.4, 0.5) is 0 Å². The molecule has 12 aromatic rings. The monoisotopic (exact) mass is 1480 g/mol. The summed E-state index contributed by atoms with van der Waals surface area (Å²) in [7, 11) is 0. The molecule has 15 heteroatoms. The number of rotatable bonds is 29. The van der Waals surface area contributed by atoms with Gasteiger partial charge in [0.05, 0.1) is 46.2 Å². The maximum atomic E-state index is 13.5. The van der Waals surface area contributed by atoms with E-state index in [0.717, 1.165) is 106 Å². The first-order valence-electron chi connectivity index (χ1n) is 38.8. The highest BCUT2D eigenvalue weighted by atomic mass is 35.5. The summed E-state index contributed by atoms with van der Waals surface area (Å²) in [5.74, 6) is 3.04. The van der Waals surface area contributed by atoms with Gasteiger partial charge >= 0.3 is 0 Å². The van der Waals surface area contributed by atoms with Gasteiger partial charge in [-0.2, -0.15) is 15.3 Å². The molecule has 3 heterocycles. The van der Waals surface area contributed by atoms with Crippen LogP contribution in [0.3, 0.4) is 0 Å². The number of ketones is 3. The van der Waals surface area contributed by atoms with E-state index >= 15 is 0 Å². The number of aromatic nitrogens is 6. The third-order valence-corrected chi connectivity index (χ3v) is 21.0. The SMILES string of the molecule is CCc1cccc(-n2nc(C)cc2C(=O)Cc2cccc(C(NCC3CC3)c3ccc(C)cc3)c2)c1.Cc1ccc(C(CCC2CC2)c2cccc(CC(=O)c3cc(C)nn3-c3cccc(CN)c3)c2)cc1.Cc1ccc(C(NCC2CC2)c2cccc(CC(=O)c3cc(C)nn3-c3cccc(C)c3)c2)cc1.Cl.N#N. The Labute approximate surface area is 655 Å². The Kier molecular flexibility index (Phi) is 27.7. The van der Waals surface area contributed by atoms with Gasteiger partial charge < -0.3 is 16.4 Å². The summed E-state index contributed by atoms with van der Waals surface area (Å²) < 4.78 is 5.33. The van der Waals surface area contributed by atoms with Crippen LogP contribution in [0, 0.1) is 77.0 Å². The molecule has 564 valence electrons. The minimum atomic E-state index is 0. The molecule has 0 saturated heterocycles. The van der Waals surface area contributed by atoms with E-state index in [2.05, 4.69) is 230 Å². The highest BCUT2D eigenvalue weighted by Gasteiger charge is 2.28. The predicted molar refractivity (Wildman–Crippen MR) is 444 cm³/mol. The van der Waals surface area contributed by atoms with Gasteiger partial charge in [-0.25, -0.2) is 14.0 Å². The van der Waals surface area contributed by atoms with E-state index in [1.54, 1.807) is 14.0 Å². The molecule has 110 heavy (non-hydrogen) atoms. The van der Waals surface area contributed by atoms with Gasteiger partial charge in [-0.15, -0.1) is 12.4 Å². The number of Topliss-reactive ketones (excluding diaryl/α,β-unsaturated/α-hetero) is 3. The van der Waals surface area contributed by atoms with Gasteiger partial charge in [-0.1, -0.05) is 218 Å². The summed E-state index contributed by atoms with van der Waals surface area (Å²) in [4.78, 5) is 40.5. The van der Waals surface area contributed by atoms with Crippen molar-refractivity contribution in [1.29, 1.82) is 10.8 Å². The minimum Gasteiger partial charge on any atom is -0.326 e. The Bertz CT molecular complexity index is 4880. The Morgan fingerprint density at radius 2 is 0.736 bits per heavy atom. The number of benzene rings is 9. The van der Waals surface area contributed by atoms with Crippen LogP contribution in [0.5, 0.6) is 0 Å². The van der Waals surface area contributed by atoms with Gasteiger partial charge in [-0.3, -0.25) is 14.4 Å². The summed E-state index contributed by atoms with van der Waals surface area (Å²) in [5.41, 5.74) is 30.8. The molecule has 3 atom stereocenters. The average molecular weight is 1480 g/mol. The summed E-state index contributed by atoms with van der Waals surface area (Å²) in [6.45, 7) is 18.8. The molecule has 9 aromatic carbocycles. The molecule has 15 rings (SSSR count). The number of hydrogen-bond acceptors (Lipinski definition) is 11. The molecule has 0 spiro atoms. The maximum absolute atomic E-state index is 13.5. The van der Waals surface area contributed by atoms with E-state index in [1.165, 1.54) is 101 Å². The highest BCUT2D eigenvalue weighted by Crippen LogP contribution is 2.40. The van der Waals surface area contributed by atoms with Crippen LogP contribution in [-0.4, -0.2) is 59.8 Å². The van der Waals surface area contributed by atoms with E-state index in [0.29, 0.717) is 48.8 Å². The van der Waals surface area contributed by atoms with Gasteiger partial charge in [0.2, 0.25) is 0 Å². The largest absolute Gasteiger partial charge is 0.326 e. The first-order chi connectivity index (χ1) is 52.9. The number of carbonyl (C=O) groups is 3. The number of aryl methyl sites for hydroxylation is 8. The molecule has 0 radical (unpaired) electrons. The number of carbonyl (C=O) groups excluding carboxylic acids is 3. The lowest BCUT2D eigenvalue weighted by atomic mass is 9.85. The van der Waals surface area contributed by atoms with Crippen molar-refractivity contribution >= 4 is 29.8 Å². The molecule has 3 aromatic heterocycles. The standard InChI is InChI=1S/2C32H35N3O.C31H33N3O.ClH.N2/c1-22-9-14-27(15-10-22)30(16-13-24-11-12-24)28-7-3-5-25(18-28)20-32(36)31-17-23(2)34-35(31)29-8-4-6-26(19-29)21-33;1-4-24-7-6-10-29(19-24)35-30(17-23(3)34-35)31(36)20-26-8-5-9-28(18-26)32(33-21-25-13-14-25)27-15-11-22(2)12-16-27;1-21-10-14-26(15-11-21)31(32-20-24-12-13-24)27-8-5-7-25(18-27)19-30(35)29-17-23(3)33-34(29)28-9-4-6-22(2)16-28;;1-2/h3-10,14-15,17-19,24,30H,11-13,16,20-21,33H2,1-2H3;5-12,15-19,25,32-33H,4,13-14,20-21H2,1-3H3;4-11,14-18,24,31-32H,12-13,19-20H2,1-3H3;1H;. The van der Waals surface area contributed by atoms with E-state index in [-0.39, 0.29) is 41.8 Å². The lowest BCUT2D eigenvalue weighted by Gasteiger charge is -2.21. The Hall–Kier alpha value is -10.8. The zero-order valence-corrected chi connectivity index (χ0v) is 65.7. The molecule has 3 aliphatic carbocycles. The summed E-state index contributed by atoms with van der Waals surface area (Å²) in [5, 5.41) is 33.4. The fraction of sp³-hybridized carbons (Fsp3) is 0.305. The van der Waals surface area contributed by atoms with Gasteiger partial charge in [0.1, 0.15) is 17.1 Å². The minimum absolute atomic E-state index is 0. The zero-order chi connectivity index (χ0) is 76.5. The van der Waals surface area contributed by atoms with Crippen LogP contribution < -0.4 is 16.4 Å². The second-order valence-electron chi connectivity index (χ2n) is 30.4. The van der Waals surface area contributed by atoms with Crippen molar-refractivity contribution in [3.8, 4) is 17.1 Å².